The fourth-order valence-electron chi connectivity index (χ4n) is 7.34. The number of aryl methyl sites for hydroxylation is 3. The average molecular weight is 590 g/mol. The van der Waals surface area contributed by atoms with Gasteiger partial charge in [0.15, 0.2) is 0 Å². The predicted molar refractivity (Wildman–Crippen MR) is 171 cm³/mol. The van der Waals surface area contributed by atoms with Gasteiger partial charge in [0, 0.05) is 49.7 Å². The molecule has 3 heterocycles. The first-order chi connectivity index (χ1) is 21.3. The molecule has 1 N–H and O–H groups in total. The van der Waals surface area contributed by atoms with Gasteiger partial charge in [0.25, 0.3) is 0 Å². The maximum Gasteiger partial charge on any atom is 0.310 e. The molecule has 1 fully saturated rings. The van der Waals surface area contributed by atoms with E-state index >= 15 is 0 Å². The number of ether oxygens (including phenoxy) is 1. The lowest BCUT2D eigenvalue weighted by atomic mass is 9.57. The van der Waals surface area contributed by atoms with E-state index in [1.54, 1.807) is 4.68 Å². The van der Waals surface area contributed by atoms with Gasteiger partial charge in [-0.05, 0) is 85.2 Å². The molecule has 0 saturated heterocycles. The van der Waals surface area contributed by atoms with Crippen molar-refractivity contribution < 1.29 is 14.6 Å². The van der Waals surface area contributed by atoms with Crippen molar-refractivity contribution in [1.29, 1.82) is 0 Å². The molecule has 8 heteroatoms. The summed E-state index contributed by atoms with van der Waals surface area (Å²) in [6.07, 6.45) is 5.06. The van der Waals surface area contributed by atoms with Crippen molar-refractivity contribution in [2.75, 3.05) is 6.54 Å². The predicted octanol–water partition coefficient (Wildman–Crippen LogP) is 6.69. The van der Waals surface area contributed by atoms with Crippen molar-refractivity contribution in [3.8, 4) is 5.75 Å². The number of carbonyl (C=O) groups is 1. The van der Waals surface area contributed by atoms with Gasteiger partial charge in [-0.2, -0.15) is 0 Å². The molecule has 0 radical (unpaired) electrons. The highest BCUT2D eigenvalue weighted by Crippen LogP contribution is 2.55. The van der Waals surface area contributed by atoms with E-state index in [1.807, 2.05) is 25.4 Å². The second-order valence-corrected chi connectivity index (χ2v) is 12.8. The summed E-state index contributed by atoms with van der Waals surface area (Å²) in [4.78, 5) is 20.0. The monoisotopic (exact) mass is 589 g/mol. The van der Waals surface area contributed by atoms with Gasteiger partial charge in [-0.15, -0.1) is 5.10 Å². The summed E-state index contributed by atoms with van der Waals surface area (Å²) in [5, 5.41) is 20.4. The molecule has 3 aromatic carbocycles. The van der Waals surface area contributed by atoms with E-state index in [2.05, 4.69) is 83.4 Å². The Bertz CT molecular complexity index is 1890. The van der Waals surface area contributed by atoms with Crippen LogP contribution in [0, 0.1) is 19.3 Å². The standard InChI is InChI=1S/C36H39N5O3/c1-5-28-21-41(20-27-17-30-24(8-6-15-37-30)18-32(27)44-28)19-26-16-25(10-9-22(26)2)33(36(35(42)43)13-7-14-36)29-11-12-31-34(23(29)3)38-39-40(31)4/h6,8-12,15-18,28,33H,5,7,13-14,19-21H2,1-4H3,(H,42,43)/t28-,33?/m1/s1. The Labute approximate surface area is 257 Å². The summed E-state index contributed by atoms with van der Waals surface area (Å²) in [7, 11) is 1.89. The fraction of sp³-hybridized carbons (Fsp3) is 0.389. The Balaban J connectivity index is 1.28. The Hall–Kier alpha value is -4.30. The van der Waals surface area contributed by atoms with Crippen molar-refractivity contribution in [2.24, 2.45) is 12.5 Å². The number of nitrogens with zero attached hydrogens (tertiary/aromatic N) is 5. The molecule has 8 nitrogen and oxygen atoms in total. The lowest BCUT2D eigenvalue weighted by Crippen LogP contribution is -2.44. The van der Waals surface area contributed by atoms with E-state index in [0.717, 1.165) is 82.4 Å². The third-order valence-corrected chi connectivity index (χ3v) is 10.1. The van der Waals surface area contributed by atoms with E-state index in [0.29, 0.717) is 12.8 Å². The first-order valence-electron chi connectivity index (χ1n) is 15.7. The normalized spacial score (nSPS) is 18.8. The molecule has 0 bridgehead atoms. The second kappa shape index (κ2) is 11.0. The SMILES string of the molecule is CC[C@@H]1CN(Cc2cc(C(c3ccc4c(nnn4C)c3C)C3(C(=O)O)CCC3)ccc2C)Cc2cc3ncccc3cc2O1. The molecule has 2 atom stereocenters. The Morgan fingerprint density at radius 2 is 1.98 bits per heavy atom. The van der Waals surface area contributed by atoms with Gasteiger partial charge in [0.05, 0.1) is 16.4 Å². The first kappa shape index (κ1) is 28.5. The number of aromatic nitrogens is 4. The third-order valence-electron chi connectivity index (χ3n) is 10.1. The van der Waals surface area contributed by atoms with Gasteiger partial charge in [0.2, 0.25) is 0 Å². The smallest absolute Gasteiger partial charge is 0.310 e. The zero-order valence-electron chi connectivity index (χ0n) is 25.9. The molecular weight excluding hydrogens is 550 g/mol. The molecule has 1 saturated carbocycles. The second-order valence-electron chi connectivity index (χ2n) is 12.8. The van der Waals surface area contributed by atoms with Gasteiger partial charge < -0.3 is 9.84 Å². The zero-order chi connectivity index (χ0) is 30.6. The van der Waals surface area contributed by atoms with E-state index < -0.39 is 11.4 Å². The summed E-state index contributed by atoms with van der Waals surface area (Å²) >= 11 is 0. The van der Waals surface area contributed by atoms with Gasteiger partial charge in [-0.3, -0.25) is 14.7 Å². The van der Waals surface area contributed by atoms with Crippen LogP contribution in [-0.4, -0.2) is 48.6 Å². The summed E-state index contributed by atoms with van der Waals surface area (Å²) < 4.78 is 8.30. The molecule has 0 amide bonds. The zero-order valence-corrected chi connectivity index (χ0v) is 25.9. The topological polar surface area (TPSA) is 93.4 Å². The minimum atomic E-state index is -0.843. The molecular formula is C36H39N5O3. The van der Waals surface area contributed by atoms with Crippen LogP contribution in [0.5, 0.6) is 5.75 Å². The molecule has 1 unspecified atom stereocenters. The molecule has 1 aliphatic carbocycles. The molecule has 7 rings (SSSR count). The highest BCUT2D eigenvalue weighted by atomic mass is 16.5. The first-order valence-corrected chi connectivity index (χ1v) is 15.7. The van der Waals surface area contributed by atoms with Crippen LogP contribution in [0.15, 0.2) is 60.8 Å². The average Bonchev–Trinajstić information content (AvgIpc) is 3.28. The van der Waals surface area contributed by atoms with Crippen LogP contribution < -0.4 is 4.74 Å². The summed E-state index contributed by atoms with van der Waals surface area (Å²) in [5.41, 5.74) is 8.54. The largest absolute Gasteiger partial charge is 0.489 e. The maximum atomic E-state index is 13.0. The van der Waals surface area contributed by atoms with Crippen molar-refractivity contribution in [1.82, 2.24) is 24.9 Å². The number of carboxylic acid groups (broad SMARTS) is 1. The number of rotatable bonds is 7. The van der Waals surface area contributed by atoms with Crippen LogP contribution in [0.3, 0.4) is 0 Å². The van der Waals surface area contributed by atoms with Crippen LogP contribution >= 0.6 is 0 Å². The number of hydrogen-bond acceptors (Lipinski definition) is 6. The van der Waals surface area contributed by atoms with Crippen molar-refractivity contribution in [2.45, 2.75) is 71.6 Å². The van der Waals surface area contributed by atoms with Crippen molar-refractivity contribution in [3.63, 3.8) is 0 Å². The minimum absolute atomic E-state index is 0.0771. The van der Waals surface area contributed by atoms with Gasteiger partial charge in [0.1, 0.15) is 17.4 Å². The van der Waals surface area contributed by atoms with Crippen LogP contribution in [0.25, 0.3) is 21.9 Å². The van der Waals surface area contributed by atoms with Crippen molar-refractivity contribution in [3.05, 3.63) is 94.2 Å². The summed E-state index contributed by atoms with van der Waals surface area (Å²) in [5.74, 6) is -0.0652. The lowest BCUT2D eigenvalue weighted by Gasteiger charge is -2.45. The van der Waals surface area contributed by atoms with Gasteiger partial charge >= 0.3 is 5.97 Å². The summed E-state index contributed by atoms with van der Waals surface area (Å²) in [6.45, 7) is 8.69. The van der Waals surface area contributed by atoms with E-state index in [9.17, 15) is 9.90 Å². The van der Waals surface area contributed by atoms with Gasteiger partial charge in [-0.1, -0.05) is 48.9 Å². The van der Waals surface area contributed by atoms with E-state index in [-0.39, 0.29) is 12.0 Å². The number of pyridine rings is 1. The molecule has 1 aliphatic heterocycles. The highest BCUT2D eigenvalue weighted by Gasteiger charge is 2.52. The lowest BCUT2D eigenvalue weighted by molar-refractivity contribution is -0.155. The highest BCUT2D eigenvalue weighted by molar-refractivity contribution is 5.83. The molecule has 2 aliphatic rings. The van der Waals surface area contributed by atoms with Gasteiger partial charge in [-0.25, -0.2) is 4.68 Å². The molecule has 226 valence electrons. The minimum Gasteiger partial charge on any atom is -0.489 e. The Kier molecular flexibility index (Phi) is 7.12. The van der Waals surface area contributed by atoms with E-state index in [4.69, 9.17) is 4.74 Å². The Morgan fingerprint density at radius 3 is 2.73 bits per heavy atom. The van der Waals surface area contributed by atoms with E-state index in [1.165, 1.54) is 11.1 Å². The number of fused-ring (bicyclic) bond motifs is 3. The quantitative estimate of drug-likeness (QED) is 0.226. The molecule has 5 aromatic rings. The van der Waals surface area contributed by atoms with Crippen molar-refractivity contribution >= 4 is 27.9 Å². The Morgan fingerprint density at radius 1 is 1.14 bits per heavy atom. The number of benzene rings is 3. The third kappa shape index (κ3) is 4.72. The number of carboxylic acids is 1. The number of aliphatic carboxylic acids is 1. The molecule has 2 aromatic heterocycles. The molecule has 0 spiro atoms. The van der Waals surface area contributed by atoms with Crippen LogP contribution in [-0.2, 0) is 24.9 Å². The summed E-state index contributed by atoms with van der Waals surface area (Å²) in [6, 6.07) is 19.0. The van der Waals surface area contributed by atoms with Crippen LogP contribution in [0.1, 0.15) is 71.9 Å². The van der Waals surface area contributed by atoms with Crippen LogP contribution in [0.2, 0.25) is 0 Å². The maximum absolute atomic E-state index is 13.0. The number of hydrogen-bond donors (Lipinski definition) is 1. The fourth-order valence-corrected chi connectivity index (χ4v) is 7.34. The van der Waals surface area contributed by atoms with Crippen LogP contribution in [0.4, 0.5) is 0 Å². The molecule has 44 heavy (non-hydrogen) atoms.